The molecular weight excluding hydrogens is 382 g/mol. The molecule has 0 fully saturated rings. The van der Waals surface area contributed by atoms with Gasteiger partial charge in [0.25, 0.3) is 5.91 Å². The lowest BCUT2D eigenvalue weighted by Crippen LogP contribution is -2.31. The van der Waals surface area contributed by atoms with Crippen LogP contribution in [0.5, 0.6) is 11.5 Å². The molecule has 1 atom stereocenters. The van der Waals surface area contributed by atoms with Gasteiger partial charge in [0, 0.05) is 5.56 Å². The molecule has 1 amide bonds. The Morgan fingerprint density at radius 3 is 2.48 bits per heavy atom. The third kappa shape index (κ3) is 5.23. The Kier molecular flexibility index (Phi) is 6.88. The molecule has 2 aromatic rings. The van der Waals surface area contributed by atoms with Gasteiger partial charge in [-0.05, 0) is 52.5 Å². The van der Waals surface area contributed by atoms with Crippen LogP contribution in [-0.2, 0) is 4.79 Å². The average Bonchev–Trinajstić information content (AvgIpc) is 2.60. The van der Waals surface area contributed by atoms with Crippen molar-refractivity contribution in [3.63, 3.8) is 0 Å². The van der Waals surface area contributed by atoms with Gasteiger partial charge in [0.2, 0.25) is 0 Å². The number of carbonyl (C=O) groups is 1. The first kappa shape index (κ1) is 19.3. The Labute approximate surface area is 157 Å². The van der Waals surface area contributed by atoms with Crippen LogP contribution in [-0.4, -0.2) is 19.6 Å². The molecular formula is C20H24BrNO3. The number of amides is 1. The van der Waals surface area contributed by atoms with Gasteiger partial charge in [-0.1, -0.05) is 38.1 Å². The number of methoxy groups -OCH3 is 1. The molecule has 0 radical (unpaired) electrons. The molecule has 0 saturated carbocycles. The molecule has 4 nitrogen and oxygen atoms in total. The fourth-order valence-electron chi connectivity index (χ4n) is 2.52. The van der Waals surface area contributed by atoms with Crippen LogP contribution in [0.2, 0.25) is 0 Å². The van der Waals surface area contributed by atoms with Gasteiger partial charge in [-0.15, -0.1) is 0 Å². The summed E-state index contributed by atoms with van der Waals surface area (Å²) in [7, 11) is 1.62. The highest BCUT2D eigenvalue weighted by atomic mass is 79.9. The number of ether oxygens (including phenoxy) is 2. The maximum atomic E-state index is 12.2. The second-order valence-electron chi connectivity index (χ2n) is 6.16. The summed E-state index contributed by atoms with van der Waals surface area (Å²) >= 11 is 3.50. The molecule has 2 aromatic carbocycles. The summed E-state index contributed by atoms with van der Waals surface area (Å²) in [6.07, 6.45) is 0. The van der Waals surface area contributed by atoms with Crippen molar-refractivity contribution in [3.8, 4) is 11.5 Å². The van der Waals surface area contributed by atoms with Crippen LogP contribution in [0.3, 0.4) is 0 Å². The molecule has 0 saturated heterocycles. The number of carbonyl (C=O) groups excluding carboxylic acids is 1. The molecule has 0 spiro atoms. The van der Waals surface area contributed by atoms with E-state index in [4.69, 9.17) is 9.47 Å². The highest BCUT2D eigenvalue weighted by Gasteiger charge is 2.14. The van der Waals surface area contributed by atoms with Gasteiger partial charge in [0.05, 0.1) is 17.6 Å². The first-order valence-electron chi connectivity index (χ1n) is 8.27. The van der Waals surface area contributed by atoms with E-state index in [2.05, 4.69) is 35.1 Å². The number of benzene rings is 2. The zero-order valence-corrected chi connectivity index (χ0v) is 16.6. The molecule has 0 heterocycles. The second-order valence-corrected chi connectivity index (χ2v) is 7.02. The van der Waals surface area contributed by atoms with Gasteiger partial charge in [-0.25, -0.2) is 0 Å². The average molecular weight is 406 g/mol. The molecule has 0 unspecified atom stereocenters. The Morgan fingerprint density at radius 2 is 1.84 bits per heavy atom. The molecule has 0 aliphatic carbocycles. The molecule has 0 bridgehead atoms. The monoisotopic (exact) mass is 405 g/mol. The van der Waals surface area contributed by atoms with Crippen LogP contribution < -0.4 is 14.8 Å². The third-order valence-corrected chi connectivity index (χ3v) is 4.58. The van der Waals surface area contributed by atoms with Crippen LogP contribution in [0.25, 0.3) is 0 Å². The van der Waals surface area contributed by atoms with Gasteiger partial charge < -0.3 is 14.8 Å². The lowest BCUT2D eigenvalue weighted by Gasteiger charge is -2.17. The standard InChI is InChI=1S/C20H24BrNO3/c1-13(2)15-9-10-19(17(21)11-15)25-12-20(23)22-14(3)16-7-5-6-8-18(16)24-4/h5-11,13-14H,12H2,1-4H3,(H,22,23)/t14-/m0/s1. The topological polar surface area (TPSA) is 47.6 Å². The van der Waals surface area contributed by atoms with E-state index in [0.717, 1.165) is 15.8 Å². The Bertz CT molecular complexity index is 731. The van der Waals surface area contributed by atoms with E-state index in [1.807, 2.05) is 49.4 Å². The van der Waals surface area contributed by atoms with Crippen molar-refractivity contribution in [2.45, 2.75) is 32.7 Å². The quantitative estimate of drug-likeness (QED) is 0.716. The molecule has 1 N–H and O–H groups in total. The summed E-state index contributed by atoms with van der Waals surface area (Å²) in [5.74, 6) is 1.67. The Hall–Kier alpha value is -2.01. The minimum Gasteiger partial charge on any atom is -0.496 e. The lowest BCUT2D eigenvalue weighted by atomic mass is 10.0. The third-order valence-electron chi connectivity index (χ3n) is 3.96. The molecule has 5 heteroatoms. The predicted molar refractivity (Wildman–Crippen MR) is 103 cm³/mol. The molecule has 0 aromatic heterocycles. The van der Waals surface area contributed by atoms with E-state index in [1.54, 1.807) is 7.11 Å². The summed E-state index contributed by atoms with van der Waals surface area (Å²) in [4.78, 5) is 12.2. The largest absolute Gasteiger partial charge is 0.496 e. The van der Waals surface area contributed by atoms with Gasteiger partial charge in [-0.2, -0.15) is 0 Å². The van der Waals surface area contributed by atoms with Crippen molar-refractivity contribution in [3.05, 3.63) is 58.1 Å². The van der Waals surface area contributed by atoms with Crippen molar-refractivity contribution in [1.29, 1.82) is 0 Å². The van der Waals surface area contributed by atoms with Gasteiger partial charge in [0.15, 0.2) is 6.61 Å². The number of nitrogens with one attached hydrogen (secondary N) is 1. The van der Waals surface area contributed by atoms with Crippen molar-refractivity contribution >= 4 is 21.8 Å². The molecule has 134 valence electrons. The minimum absolute atomic E-state index is 0.0425. The highest BCUT2D eigenvalue weighted by Crippen LogP contribution is 2.29. The maximum absolute atomic E-state index is 12.2. The van der Waals surface area contributed by atoms with Crippen LogP contribution in [0.15, 0.2) is 46.9 Å². The van der Waals surface area contributed by atoms with E-state index < -0.39 is 0 Å². The highest BCUT2D eigenvalue weighted by molar-refractivity contribution is 9.10. The second kappa shape index (κ2) is 8.90. The first-order chi connectivity index (χ1) is 11.9. The number of halogens is 1. The van der Waals surface area contributed by atoms with Gasteiger partial charge in [0.1, 0.15) is 11.5 Å². The molecule has 25 heavy (non-hydrogen) atoms. The number of rotatable bonds is 7. The number of hydrogen-bond acceptors (Lipinski definition) is 3. The lowest BCUT2D eigenvalue weighted by molar-refractivity contribution is -0.123. The smallest absolute Gasteiger partial charge is 0.258 e. The number of hydrogen-bond donors (Lipinski definition) is 1. The van der Waals surface area contributed by atoms with Gasteiger partial charge in [-0.3, -0.25) is 4.79 Å². The SMILES string of the molecule is COc1ccccc1[C@H](C)NC(=O)COc1ccc(C(C)C)cc1Br. The summed E-state index contributed by atoms with van der Waals surface area (Å²) < 4.78 is 11.8. The maximum Gasteiger partial charge on any atom is 0.258 e. The van der Waals surface area contributed by atoms with Crippen molar-refractivity contribution in [2.24, 2.45) is 0 Å². The Balaban J connectivity index is 1.94. The van der Waals surface area contributed by atoms with E-state index in [0.29, 0.717) is 11.7 Å². The van der Waals surface area contributed by atoms with E-state index in [1.165, 1.54) is 5.56 Å². The van der Waals surface area contributed by atoms with Crippen LogP contribution in [0.1, 0.15) is 43.9 Å². The van der Waals surface area contributed by atoms with E-state index in [9.17, 15) is 4.79 Å². The summed E-state index contributed by atoms with van der Waals surface area (Å²) in [6, 6.07) is 13.4. The summed E-state index contributed by atoms with van der Waals surface area (Å²) in [5, 5.41) is 2.93. The number of para-hydroxylation sites is 1. The molecule has 2 rings (SSSR count). The molecule has 0 aliphatic heterocycles. The van der Waals surface area contributed by atoms with Crippen molar-refractivity contribution in [1.82, 2.24) is 5.32 Å². The fraction of sp³-hybridized carbons (Fsp3) is 0.350. The molecule has 0 aliphatic rings. The summed E-state index contributed by atoms with van der Waals surface area (Å²) in [5.41, 5.74) is 2.15. The normalized spacial score (nSPS) is 11.9. The van der Waals surface area contributed by atoms with Crippen LogP contribution in [0.4, 0.5) is 0 Å². The van der Waals surface area contributed by atoms with Crippen LogP contribution >= 0.6 is 15.9 Å². The zero-order chi connectivity index (χ0) is 18.4. The van der Waals surface area contributed by atoms with E-state index >= 15 is 0 Å². The van der Waals surface area contributed by atoms with Gasteiger partial charge >= 0.3 is 0 Å². The van der Waals surface area contributed by atoms with E-state index in [-0.39, 0.29) is 18.6 Å². The minimum atomic E-state index is -0.182. The summed E-state index contributed by atoms with van der Waals surface area (Å²) in [6.45, 7) is 6.15. The van der Waals surface area contributed by atoms with Crippen LogP contribution in [0, 0.1) is 0 Å². The Morgan fingerprint density at radius 1 is 1.12 bits per heavy atom. The van der Waals surface area contributed by atoms with Crippen molar-refractivity contribution in [2.75, 3.05) is 13.7 Å². The first-order valence-corrected chi connectivity index (χ1v) is 9.06. The fourth-order valence-corrected chi connectivity index (χ4v) is 3.03. The zero-order valence-electron chi connectivity index (χ0n) is 15.0. The van der Waals surface area contributed by atoms with Crippen molar-refractivity contribution < 1.29 is 14.3 Å². The predicted octanol–water partition coefficient (Wildman–Crippen LogP) is 4.84.